The van der Waals surface area contributed by atoms with Gasteiger partial charge in [0.2, 0.25) is 11.8 Å². The second-order valence-electron chi connectivity index (χ2n) is 3.69. The highest BCUT2D eigenvalue weighted by atomic mass is 16.4. The maximum Gasteiger partial charge on any atom is 0.247 e. The van der Waals surface area contributed by atoms with Gasteiger partial charge < -0.3 is 4.42 Å². The van der Waals surface area contributed by atoms with Crippen molar-refractivity contribution in [1.82, 2.24) is 10.2 Å². The van der Waals surface area contributed by atoms with Crippen LogP contribution in [0.4, 0.5) is 0 Å². The van der Waals surface area contributed by atoms with Gasteiger partial charge in [0.05, 0.1) is 0 Å². The van der Waals surface area contributed by atoms with Gasteiger partial charge in [-0.05, 0) is 22.9 Å². The fourth-order valence-corrected chi connectivity index (χ4v) is 1.74. The number of aromatic nitrogens is 2. The van der Waals surface area contributed by atoms with E-state index < -0.39 is 0 Å². The van der Waals surface area contributed by atoms with Crippen molar-refractivity contribution in [1.29, 1.82) is 0 Å². The molecule has 0 aliphatic rings. The first kappa shape index (κ1) is 9.09. The predicted octanol–water partition coefficient (Wildman–Crippen LogP) is 3.20. The third-order valence-electron chi connectivity index (χ3n) is 2.52. The van der Waals surface area contributed by atoms with Crippen LogP contribution in [0.25, 0.3) is 22.2 Å². The summed E-state index contributed by atoms with van der Waals surface area (Å²) in [5.41, 5.74) is 0.958. The maximum absolute atomic E-state index is 5.40. The summed E-state index contributed by atoms with van der Waals surface area (Å²) in [4.78, 5) is 0. The summed E-state index contributed by atoms with van der Waals surface area (Å²) in [7, 11) is 0. The Bertz CT molecular complexity index is 643. The molecule has 0 bridgehead atoms. The number of hydrogen-bond acceptors (Lipinski definition) is 3. The van der Waals surface area contributed by atoms with Gasteiger partial charge in [-0.15, -0.1) is 10.2 Å². The molecule has 0 N–H and O–H groups in total. The minimum atomic E-state index is 0.572. The zero-order chi connectivity index (χ0) is 11.0. The van der Waals surface area contributed by atoms with Gasteiger partial charge in [-0.2, -0.15) is 0 Å². The molecule has 1 aromatic heterocycles. The zero-order valence-corrected chi connectivity index (χ0v) is 8.84. The van der Waals surface area contributed by atoms with Gasteiger partial charge in [0, 0.05) is 12.5 Å². The number of nitrogens with zero attached hydrogens (tertiary/aromatic N) is 2. The SMILES string of the molecule is Cc1nnc(-c2ccc3ccccc3c2)o1. The normalized spacial score (nSPS) is 10.8. The smallest absolute Gasteiger partial charge is 0.247 e. The Hall–Kier alpha value is -2.16. The monoisotopic (exact) mass is 210 g/mol. The van der Waals surface area contributed by atoms with E-state index in [0.717, 1.165) is 5.56 Å². The number of aryl methyl sites for hydroxylation is 1. The fourth-order valence-electron chi connectivity index (χ4n) is 1.74. The van der Waals surface area contributed by atoms with Crippen LogP contribution in [0.3, 0.4) is 0 Å². The Kier molecular flexibility index (Phi) is 1.96. The first-order valence-corrected chi connectivity index (χ1v) is 5.12. The van der Waals surface area contributed by atoms with E-state index in [1.165, 1.54) is 10.8 Å². The molecule has 3 nitrogen and oxygen atoms in total. The van der Waals surface area contributed by atoms with Crippen molar-refractivity contribution in [3.8, 4) is 11.5 Å². The molecule has 0 amide bonds. The third-order valence-corrected chi connectivity index (χ3v) is 2.52. The Morgan fingerprint density at radius 3 is 2.50 bits per heavy atom. The first-order valence-electron chi connectivity index (χ1n) is 5.12. The topological polar surface area (TPSA) is 38.9 Å². The summed E-state index contributed by atoms with van der Waals surface area (Å²) in [6.45, 7) is 1.79. The average molecular weight is 210 g/mol. The van der Waals surface area contributed by atoms with E-state index in [9.17, 15) is 0 Å². The Balaban J connectivity index is 2.18. The lowest BCUT2D eigenvalue weighted by Crippen LogP contribution is -1.78. The van der Waals surface area contributed by atoms with Gasteiger partial charge in [-0.3, -0.25) is 0 Å². The second-order valence-corrected chi connectivity index (χ2v) is 3.69. The molecule has 0 aliphatic heterocycles. The highest BCUT2D eigenvalue weighted by Gasteiger charge is 2.05. The molecule has 0 spiro atoms. The highest BCUT2D eigenvalue weighted by molar-refractivity contribution is 5.86. The van der Waals surface area contributed by atoms with Crippen LogP contribution in [-0.4, -0.2) is 10.2 Å². The van der Waals surface area contributed by atoms with E-state index >= 15 is 0 Å². The van der Waals surface area contributed by atoms with Crippen molar-refractivity contribution in [3.63, 3.8) is 0 Å². The minimum Gasteiger partial charge on any atom is -0.421 e. The Labute approximate surface area is 92.7 Å². The molecule has 78 valence electrons. The van der Waals surface area contributed by atoms with Gasteiger partial charge in [0.1, 0.15) is 0 Å². The van der Waals surface area contributed by atoms with Crippen molar-refractivity contribution in [2.75, 3.05) is 0 Å². The molecule has 1 heterocycles. The molecule has 2 aromatic carbocycles. The first-order chi connectivity index (χ1) is 7.83. The van der Waals surface area contributed by atoms with Crippen LogP contribution >= 0.6 is 0 Å². The molecule has 0 fully saturated rings. The lowest BCUT2D eigenvalue weighted by atomic mass is 10.1. The zero-order valence-electron chi connectivity index (χ0n) is 8.84. The number of benzene rings is 2. The van der Waals surface area contributed by atoms with Gasteiger partial charge in [-0.1, -0.05) is 30.3 Å². The molecule has 0 saturated heterocycles. The molecular weight excluding hydrogens is 200 g/mol. The molecule has 3 aromatic rings. The van der Waals surface area contributed by atoms with Crippen LogP contribution in [-0.2, 0) is 0 Å². The van der Waals surface area contributed by atoms with E-state index in [1.807, 2.05) is 18.2 Å². The lowest BCUT2D eigenvalue weighted by molar-refractivity contribution is 0.533. The molecule has 0 saturated carbocycles. The van der Waals surface area contributed by atoms with Crippen molar-refractivity contribution in [2.24, 2.45) is 0 Å². The molecular formula is C13H10N2O. The number of rotatable bonds is 1. The minimum absolute atomic E-state index is 0.572. The van der Waals surface area contributed by atoms with Crippen LogP contribution < -0.4 is 0 Å². The third kappa shape index (κ3) is 1.46. The van der Waals surface area contributed by atoms with Crippen LogP contribution in [0.5, 0.6) is 0 Å². The van der Waals surface area contributed by atoms with Crippen LogP contribution in [0.15, 0.2) is 46.9 Å². The van der Waals surface area contributed by atoms with Crippen LogP contribution in [0.1, 0.15) is 5.89 Å². The molecule has 3 heteroatoms. The van der Waals surface area contributed by atoms with E-state index in [1.54, 1.807) is 6.92 Å². The van der Waals surface area contributed by atoms with Crippen molar-refractivity contribution < 1.29 is 4.42 Å². The van der Waals surface area contributed by atoms with E-state index in [-0.39, 0.29) is 0 Å². The van der Waals surface area contributed by atoms with E-state index in [0.29, 0.717) is 11.8 Å². The summed E-state index contributed by atoms with van der Waals surface area (Å²) >= 11 is 0. The summed E-state index contributed by atoms with van der Waals surface area (Å²) in [5, 5.41) is 10.2. The van der Waals surface area contributed by atoms with Gasteiger partial charge in [-0.25, -0.2) is 0 Å². The predicted molar refractivity (Wildman–Crippen MR) is 62.0 cm³/mol. The van der Waals surface area contributed by atoms with Gasteiger partial charge in [0.15, 0.2) is 0 Å². The van der Waals surface area contributed by atoms with Crippen LogP contribution in [0.2, 0.25) is 0 Å². The van der Waals surface area contributed by atoms with Crippen molar-refractivity contribution in [3.05, 3.63) is 48.4 Å². The van der Waals surface area contributed by atoms with Crippen LogP contribution in [0, 0.1) is 6.92 Å². The maximum atomic E-state index is 5.40. The van der Waals surface area contributed by atoms with E-state index in [4.69, 9.17) is 4.42 Å². The molecule has 16 heavy (non-hydrogen) atoms. The van der Waals surface area contributed by atoms with Crippen molar-refractivity contribution >= 4 is 10.8 Å². The largest absolute Gasteiger partial charge is 0.421 e. The standard InChI is InChI=1S/C13H10N2O/c1-9-14-15-13(16-9)12-7-6-10-4-2-3-5-11(10)8-12/h2-8H,1H3. The molecule has 3 rings (SSSR count). The Morgan fingerprint density at radius 2 is 1.75 bits per heavy atom. The number of hydrogen-bond donors (Lipinski definition) is 0. The number of fused-ring (bicyclic) bond motifs is 1. The average Bonchev–Trinajstić information content (AvgIpc) is 2.75. The molecule has 0 atom stereocenters. The van der Waals surface area contributed by atoms with Gasteiger partial charge >= 0.3 is 0 Å². The van der Waals surface area contributed by atoms with Gasteiger partial charge in [0.25, 0.3) is 0 Å². The summed E-state index contributed by atoms with van der Waals surface area (Å²) in [6, 6.07) is 14.3. The molecule has 0 unspecified atom stereocenters. The highest BCUT2D eigenvalue weighted by Crippen LogP contribution is 2.23. The molecule has 0 aliphatic carbocycles. The second kappa shape index (κ2) is 3.45. The fraction of sp³-hybridized carbons (Fsp3) is 0.0769. The summed E-state index contributed by atoms with van der Waals surface area (Å²) in [5.74, 6) is 1.16. The summed E-state index contributed by atoms with van der Waals surface area (Å²) < 4.78 is 5.40. The summed E-state index contributed by atoms with van der Waals surface area (Å²) in [6.07, 6.45) is 0. The Morgan fingerprint density at radius 1 is 0.938 bits per heavy atom. The van der Waals surface area contributed by atoms with E-state index in [2.05, 4.69) is 34.5 Å². The lowest BCUT2D eigenvalue weighted by Gasteiger charge is -1.99. The quantitative estimate of drug-likeness (QED) is 0.619. The molecule has 0 radical (unpaired) electrons. The van der Waals surface area contributed by atoms with Crippen molar-refractivity contribution in [2.45, 2.75) is 6.92 Å².